The van der Waals surface area contributed by atoms with Gasteiger partial charge in [0.15, 0.2) is 5.65 Å². The highest BCUT2D eigenvalue weighted by Crippen LogP contribution is 2.37. The second-order valence-corrected chi connectivity index (χ2v) is 7.90. The fraction of sp³-hybridized carbons (Fsp3) is 0.174. The van der Waals surface area contributed by atoms with Gasteiger partial charge in [-0.25, -0.2) is 32.9 Å². The molecule has 5 heterocycles. The molecule has 5 aromatic rings. The van der Waals surface area contributed by atoms with Gasteiger partial charge in [0, 0.05) is 48.0 Å². The third-order valence-electron chi connectivity index (χ3n) is 5.92. The molecular formula is C23H18F2N8. The summed E-state index contributed by atoms with van der Waals surface area (Å²) in [7, 11) is 0. The summed E-state index contributed by atoms with van der Waals surface area (Å²) in [5, 5.41) is 8.85. The van der Waals surface area contributed by atoms with E-state index in [-0.39, 0.29) is 6.04 Å². The van der Waals surface area contributed by atoms with Gasteiger partial charge >= 0.3 is 0 Å². The number of anilines is 1. The van der Waals surface area contributed by atoms with Gasteiger partial charge in [-0.15, -0.1) is 0 Å². The zero-order chi connectivity index (χ0) is 22.4. The molecule has 1 unspecified atom stereocenters. The van der Waals surface area contributed by atoms with Crippen molar-refractivity contribution < 1.29 is 8.78 Å². The van der Waals surface area contributed by atoms with E-state index in [1.54, 1.807) is 34.0 Å². The van der Waals surface area contributed by atoms with Crippen LogP contribution >= 0.6 is 0 Å². The topological polar surface area (TPSA) is 77.0 Å². The minimum Gasteiger partial charge on any atom is -0.349 e. The SMILES string of the molecule is Fc1ccc(F)c(C2CCCN2c2ccn3ncc(-n4cc(-c5cncnc5)cn4)c3n2)c1. The third kappa shape index (κ3) is 3.39. The largest absolute Gasteiger partial charge is 0.349 e. The smallest absolute Gasteiger partial charge is 0.183 e. The van der Waals surface area contributed by atoms with Crippen LogP contribution in [0.15, 0.2) is 67.8 Å². The van der Waals surface area contributed by atoms with Crippen molar-refractivity contribution in [1.29, 1.82) is 0 Å². The lowest BCUT2D eigenvalue weighted by molar-refractivity contribution is 0.560. The van der Waals surface area contributed by atoms with Gasteiger partial charge in [0.05, 0.1) is 18.4 Å². The highest BCUT2D eigenvalue weighted by molar-refractivity contribution is 5.64. The van der Waals surface area contributed by atoms with Crippen molar-refractivity contribution in [2.45, 2.75) is 18.9 Å². The van der Waals surface area contributed by atoms with Gasteiger partial charge in [-0.2, -0.15) is 10.2 Å². The van der Waals surface area contributed by atoms with Gasteiger partial charge in [0.2, 0.25) is 0 Å². The average molecular weight is 444 g/mol. The molecule has 0 N–H and O–H groups in total. The maximum Gasteiger partial charge on any atom is 0.183 e. The van der Waals surface area contributed by atoms with E-state index in [0.29, 0.717) is 29.3 Å². The molecule has 4 aromatic heterocycles. The van der Waals surface area contributed by atoms with Crippen LogP contribution in [-0.2, 0) is 0 Å². The van der Waals surface area contributed by atoms with Gasteiger partial charge in [-0.05, 0) is 37.1 Å². The van der Waals surface area contributed by atoms with Crippen LogP contribution in [0.5, 0.6) is 0 Å². The lowest BCUT2D eigenvalue weighted by Gasteiger charge is -2.26. The van der Waals surface area contributed by atoms with Crippen molar-refractivity contribution in [1.82, 2.24) is 34.3 Å². The first kappa shape index (κ1) is 19.5. The number of benzene rings is 1. The monoisotopic (exact) mass is 444 g/mol. The molecule has 8 nitrogen and oxygen atoms in total. The first-order valence-corrected chi connectivity index (χ1v) is 10.5. The summed E-state index contributed by atoms with van der Waals surface area (Å²) >= 11 is 0. The number of rotatable bonds is 4. The van der Waals surface area contributed by atoms with Crippen molar-refractivity contribution in [2.24, 2.45) is 0 Å². The minimum atomic E-state index is -0.446. The van der Waals surface area contributed by atoms with Crippen molar-refractivity contribution >= 4 is 11.5 Å². The molecule has 1 aliphatic heterocycles. The second-order valence-electron chi connectivity index (χ2n) is 7.90. The number of hydrogen-bond donors (Lipinski definition) is 0. The molecule has 10 heteroatoms. The molecule has 1 saturated heterocycles. The Labute approximate surface area is 187 Å². The molecule has 1 fully saturated rings. The quantitative estimate of drug-likeness (QED) is 0.417. The van der Waals surface area contributed by atoms with E-state index in [1.165, 1.54) is 18.5 Å². The third-order valence-corrected chi connectivity index (χ3v) is 5.92. The maximum atomic E-state index is 14.5. The van der Waals surface area contributed by atoms with Crippen LogP contribution in [0.2, 0.25) is 0 Å². The Morgan fingerprint density at radius 2 is 1.82 bits per heavy atom. The summed E-state index contributed by atoms with van der Waals surface area (Å²) in [6.45, 7) is 0.702. The van der Waals surface area contributed by atoms with Crippen molar-refractivity contribution in [3.63, 3.8) is 0 Å². The lowest BCUT2D eigenvalue weighted by atomic mass is 10.0. The van der Waals surface area contributed by atoms with Crippen LogP contribution in [0.25, 0.3) is 22.5 Å². The molecule has 1 aromatic carbocycles. The predicted molar refractivity (Wildman–Crippen MR) is 117 cm³/mol. The molecule has 0 bridgehead atoms. The summed E-state index contributed by atoms with van der Waals surface area (Å²) in [6.07, 6.45) is 13.6. The number of hydrogen-bond acceptors (Lipinski definition) is 6. The lowest BCUT2D eigenvalue weighted by Crippen LogP contribution is -2.24. The summed E-state index contributed by atoms with van der Waals surface area (Å²) in [4.78, 5) is 14.9. The fourth-order valence-electron chi connectivity index (χ4n) is 4.35. The van der Waals surface area contributed by atoms with Gasteiger partial charge in [-0.3, -0.25) is 0 Å². The number of nitrogens with zero attached hydrogens (tertiary/aromatic N) is 8. The molecule has 164 valence electrons. The highest BCUT2D eigenvalue weighted by Gasteiger charge is 2.30. The van der Waals surface area contributed by atoms with E-state index in [4.69, 9.17) is 4.98 Å². The molecule has 33 heavy (non-hydrogen) atoms. The summed E-state index contributed by atoms with van der Waals surface area (Å²) in [5.74, 6) is -0.175. The maximum absolute atomic E-state index is 14.5. The molecule has 0 amide bonds. The minimum absolute atomic E-state index is 0.281. The highest BCUT2D eigenvalue weighted by atomic mass is 19.1. The van der Waals surface area contributed by atoms with Crippen LogP contribution in [-0.4, -0.2) is 40.9 Å². The number of fused-ring (bicyclic) bond motifs is 1. The molecule has 0 aliphatic carbocycles. The van der Waals surface area contributed by atoms with Gasteiger partial charge in [0.1, 0.15) is 29.5 Å². The van der Waals surface area contributed by atoms with Crippen molar-refractivity contribution in [3.05, 3.63) is 85.0 Å². The van der Waals surface area contributed by atoms with Crippen LogP contribution in [0.3, 0.4) is 0 Å². The van der Waals surface area contributed by atoms with Crippen LogP contribution in [0.4, 0.5) is 14.6 Å². The van der Waals surface area contributed by atoms with E-state index >= 15 is 0 Å². The second kappa shape index (κ2) is 7.73. The Hall–Kier alpha value is -4.21. The molecule has 1 atom stereocenters. The average Bonchev–Trinajstić information content (AvgIpc) is 3.60. The predicted octanol–water partition coefficient (Wildman–Crippen LogP) is 3.99. The van der Waals surface area contributed by atoms with Crippen LogP contribution < -0.4 is 4.90 Å². The van der Waals surface area contributed by atoms with Crippen LogP contribution in [0.1, 0.15) is 24.4 Å². The number of aromatic nitrogens is 7. The van der Waals surface area contributed by atoms with Gasteiger partial charge in [0.25, 0.3) is 0 Å². The van der Waals surface area contributed by atoms with Crippen molar-refractivity contribution in [2.75, 3.05) is 11.4 Å². The van der Waals surface area contributed by atoms with E-state index in [0.717, 1.165) is 30.0 Å². The van der Waals surface area contributed by atoms with E-state index in [1.807, 2.05) is 23.4 Å². The summed E-state index contributed by atoms with van der Waals surface area (Å²) in [5.41, 5.74) is 3.38. The van der Waals surface area contributed by atoms with Crippen molar-refractivity contribution in [3.8, 4) is 16.8 Å². The van der Waals surface area contributed by atoms with E-state index in [2.05, 4.69) is 20.2 Å². The zero-order valence-corrected chi connectivity index (χ0v) is 17.4. The normalized spacial score (nSPS) is 16.1. The Morgan fingerprint density at radius 1 is 0.939 bits per heavy atom. The fourth-order valence-corrected chi connectivity index (χ4v) is 4.35. The standard InChI is InChI=1S/C23H18F2N8/c24-17-3-4-19(25)18(8-17)20-2-1-6-31(20)22-5-7-32-23(30-22)21(12-29-32)33-13-16(11-28-33)15-9-26-14-27-10-15/h3-5,7-14,20H,1-2,6H2. The molecule has 0 spiro atoms. The van der Waals surface area contributed by atoms with Crippen LogP contribution in [0, 0.1) is 11.6 Å². The Bertz CT molecular complexity index is 1450. The molecule has 6 rings (SSSR count). The number of halogens is 2. The molecule has 0 saturated carbocycles. The van der Waals surface area contributed by atoms with Gasteiger partial charge in [-0.1, -0.05) is 0 Å². The zero-order valence-electron chi connectivity index (χ0n) is 17.4. The summed E-state index contributed by atoms with van der Waals surface area (Å²) in [6, 6.07) is 5.16. The summed E-state index contributed by atoms with van der Waals surface area (Å²) < 4.78 is 31.7. The Morgan fingerprint density at radius 3 is 2.70 bits per heavy atom. The molecule has 0 radical (unpaired) electrons. The Kier molecular flexibility index (Phi) is 4.56. The molecular weight excluding hydrogens is 426 g/mol. The van der Waals surface area contributed by atoms with E-state index in [9.17, 15) is 8.78 Å². The van der Waals surface area contributed by atoms with Gasteiger partial charge < -0.3 is 4.90 Å². The van der Waals surface area contributed by atoms with E-state index < -0.39 is 11.6 Å². The first-order chi connectivity index (χ1) is 16.2. The first-order valence-electron chi connectivity index (χ1n) is 10.5. The Balaban J connectivity index is 1.38. The molecule has 1 aliphatic rings.